The Morgan fingerprint density at radius 1 is 1.30 bits per heavy atom. The average Bonchev–Trinajstić information content (AvgIpc) is 3.54. The highest BCUT2D eigenvalue weighted by molar-refractivity contribution is 7.07. The highest BCUT2D eigenvalue weighted by atomic mass is 32.1. The lowest BCUT2D eigenvalue weighted by Crippen LogP contribution is -2.33. The molecule has 0 atom stereocenters. The molecule has 0 saturated heterocycles. The maximum atomic E-state index is 13.7. The van der Waals surface area contributed by atoms with Gasteiger partial charge in [0.2, 0.25) is 0 Å². The van der Waals surface area contributed by atoms with Crippen molar-refractivity contribution >= 4 is 28.6 Å². The van der Waals surface area contributed by atoms with E-state index in [2.05, 4.69) is 20.2 Å². The molecule has 0 unspecified atom stereocenters. The van der Waals surface area contributed by atoms with Crippen LogP contribution in [0.25, 0.3) is 11.4 Å². The van der Waals surface area contributed by atoms with Gasteiger partial charge in [-0.3, -0.25) is 24.5 Å². The summed E-state index contributed by atoms with van der Waals surface area (Å²) in [6, 6.07) is 5.89. The summed E-state index contributed by atoms with van der Waals surface area (Å²) in [5.74, 6) is -0.235. The highest BCUT2D eigenvalue weighted by Crippen LogP contribution is 2.41. The molecule has 170 valence electrons. The SMILES string of the molecule is CCOC1CC(n2cc(N(C(=O)c3cscn3)c3c(C)n[nH]c3C)c(-c3ccccn3)n2)C1. The minimum atomic E-state index is -0.235. The number of thiazole rings is 1. The standard InChI is InChI=1S/C23H25N7O2S/c1-4-32-17-9-16(10-17)29-11-20(21(28-29)18-7-5-6-8-24-18)30(22-14(2)26-27-15(22)3)23(31)19-12-33-13-25-19/h5-8,11-13,16-17H,4,9-10H2,1-3H3,(H,26,27). The summed E-state index contributed by atoms with van der Waals surface area (Å²) in [6.07, 6.45) is 5.69. The molecule has 4 heterocycles. The molecular formula is C23H25N7O2S. The Bertz CT molecular complexity index is 1220. The molecular weight excluding hydrogens is 438 g/mol. The number of hydrogen-bond donors (Lipinski definition) is 1. The minimum Gasteiger partial charge on any atom is -0.378 e. The molecule has 1 aliphatic rings. The van der Waals surface area contributed by atoms with Crippen molar-refractivity contribution in [1.82, 2.24) is 29.9 Å². The van der Waals surface area contributed by atoms with Crippen molar-refractivity contribution in [3.63, 3.8) is 0 Å². The summed E-state index contributed by atoms with van der Waals surface area (Å²) >= 11 is 1.39. The fourth-order valence-corrected chi connectivity index (χ4v) is 4.71. The van der Waals surface area contributed by atoms with E-state index in [1.165, 1.54) is 11.3 Å². The smallest absolute Gasteiger partial charge is 0.282 e. The fourth-order valence-electron chi connectivity index (χ4n) is 4.18. The van der Waals surface area contributed by atoms with Crippen LogP contribution in [0.4, 0.5) is 11.4 Å². The molecule has 1 aliphatic carbocycles. The van der Waals surface area contributed by atoms with Crippen LogP contribution in [-0.4, -0.2) is 48.6 Å². The number of anilines is 2. The van der Waals surface area contributed by atoms with Crippen molar-refractivity contribution in [2.45, 2.75) is 45.8 Å². The third kappa shape index (κ3) is 3.96. The number of hydrogen-bond acceptors (Lipinski definition) is 7. The number of ether oxygens (including phenoxy) is 1. The molecule has 1 N–H and O–H groups in total. The van der Waals surface area contributed by atoms with Crippen LogP contribution in [0.2, 0.25) is 0 Å². The van der Waals surface area contributed by atoms with Gasteiger partial charge in [0.25, 0.3) is 5.91 Å². The monoisotopic (exact) mass is 463 g/mol. The predicted molar refractivity (Wildman–Crippen MR) is 126 cm³/mol. The number of carbonyl (C=O) groups excluding carboxylic acids is 1. The van der Waals surface area contributed by atoms with Crippen molar-refractivity contribution in [3.8, 4) is 11.4 Å². The number of nitrogens with one attached hydrogen (secondary N) is 1. The van der Waals surface area contributed by atoms with Gasteiger partial charge < -0.3 is 4.74 Å². The lowest BCUT2D eigenvalue weighted by molar-refractivity contribution is -0.0226. The Kier molecular flexibility index (Phi) is 5.77. The van der Waals surface area contributed by atoms with Gasteiger partial charge in [-0.15, -0.1) is 11.3 Å². The van der Waals surface area contributed by atoms with Gasteiger partial charge in [-0.1, -0.05) is 6.07 Å². The van der Waals surface area contributed by atoms with Gasteiger partial charge in [-0.25, -0.2) is 4.98 Å². The van der Waals surface area contributed by atoms with Gasteiger partial charge >= 0.3 is 0 Å². The molecule has 0 bridgehead atoms. The second-order valence-electron chi connectivity index (χ2n) is 8.06. The first-order chi connectivity index (χ1) is 16.1. The number of aromatic amines is 1. The van der Waals surface area contributed by atoms with E-state index in [1.807, 2.05) is 49.8 Å². The second-order valence-corrected chi connectivity index (χ2v) is 8.78. The third-order valence-electron chi connectivity index (χ3n) is 5.87. The zero-order valence-corrected chi connectivity index (χ0v) is 19.5. The Morgan fingerprint density at radius 2 is 2.15 bits per heavy atom. The third-order valence-corrected chi connectivity index (χ3v) is 6.46. The molecule has 0 radical (unpaired) electrons. The predicted octanol–water partition coefficient (Wildman–Crippen LogP) is 4.46. The number of aryl methyl sites for hydroxylation is 2. The maximum absolute atomic E-state index is 13.7. The molecule has 9 nitrogen and oxygen atoms in total. The van der Waals surface area contributed by atoms with Crippen LogP contribution in [0.15, 0.2) is 41.5 Å². The molecule has 0 aliphatic heterocycles. The Hall–Kier alpha value is -3.37. The Balaban J connectivity index is 1.64. The van der Waals surface area contributed by atoms with Crippen LogP contribution in [-0.2, 0) is 4.74 Å². The number of rotatable bonds is 7. The van der Waals surface area contributed by atoms with E-state index in [4.69, 9.17) is 9.84 Å². The quantitative estimate of drug-likeness (QED) is 0.434. The van der Waals surface area contributed by atoms with Gasteiger partial charge in [0, 0.05) is 18.2 Å². The summed E-state index contributed by atoms with van der Waals surface area (Å²) in [5.41, 5.74) is 6.23. The fraction of sp³-hybridized carbons (Fsp3) is 0.348. The topological polar surface area (TPSA) is 102 Å². The Morgan fingerprint density at radius 3 is 2.79 bits per heavy atom. The largest absolute Gasteiger partial charge is 0.378 e. The summed E-state index contributed by atoms with van der Waals surface area (Å²) in [7, 11) is 0. The van der Waals surface area contributed by atoms with E-state index >= 15 is 0 Å². The average molecular weight is 464 g/mol. The number of H-pyrrole nitrogens is 1. The highest BCUT2D eigenvalue weighted by Gasteiger charge is 2.35. The van der Waals surface area contributed by atoms with Gasteiger partial charge in [0.1, 0.15) is 11.4 Å². The number of pyridine rings is 1. The minimum absolute atomic E-state index is 0.209. The molecule has 4 aromatic heterocycles. The first kappa shape index (κ1) is 21.5. The molecule has 1 fully saturated rings. The van der Waals surface area contributed by atoms with Crippen molar-refractivity contribution < 1.29 is 9.53 Å². The molecule has 33 heavy (non-hydrogen) atoms. The number of nitrogens with zero attached hydrogens (tertiary/aromatic N) is 6. The Labute approximate surface area is 195 Å². The summed E-state index contributed by atoms with van der Waals surface area (Å²) < 4.78 is 7.68. The van der Waals surface area contributed by atoms with Crippen molar-refractivity contribution in [1.29, 1.82) is 0 Å². The zero-order valence-electron chi connectivity index (χ0n) is 18.7. The molecule has 1 amide bonds. The van der Waals surface area contributed by atoms with Gasteiger partial charge in [0.15, 0.2) is 0 Å². The van der Waals surface area contributed by atoms with E-state index in [1.54, 1.807) is 22.0 Å². The number of carbonyl (C=O) groups is 1. The summed E-state index contributed by atoms with van der Waals surface area (Å²) in [4.78, 5) is 24.2. The van der Waals surface area contributed by atoms with E-state index in [0.29, 0.717) is 35.1 Å². The lowest BCUT2D eigenvalue weighted by atomic mass is 9.89. The van der Waals surface area contributed by atoms with Crippen molar-refractivity contribution in [2.24, 2.45) is 0 Å². The molecule has 4 aromatic rings. The van der Waals surface area contributed by atoms with E-state index < -0.39 is 0 Å². The van der Waals surface area contributed by atoms with Crippen LogP contribution in [0, 0.1) is 13.8 Å². The van der Waals surface area contributed by atoms with Gasteiger partial charge in [-0.2, -0.15) is 10.2 Å². The molecule has 0 aromatic carbocycles. The first-order valence-electron chi connectivity index (χ1n) is 10.9. The zero-order chi connectivity index (χ0) is 22.9. The normalized spacial score (nSPS) is 17.7. The van der Waals surface area contributed by atoms with Crippen molar-refractivity contribution in [3.05, 3.63) is 58.6 Å². The van der Waals surface area contributed by atoms with Gasteiger partial charge in [0.05, 0.1) is 52.3 Å². The summed E-state index contributed by atoms with van der Waals surface area (Å²) in [6.45, 7) is 6.50. The number of amides is 1. The van der Waals surface area contributed by atoms with Crippen LogP contribution in [0.3, 0.4) is 0 Å². The molecule has 1 saturated carbocycles. The van der Waals surface area contributed by atoms with Crippen LogP contribution >= 0.6 is 11.3 Å². The second kappa shape index (κ2) is 8.87. The van der Waals surface area contributed by atoms with Crippen LogP contribution < -0.4 is 4.90 Å². The number of aromatic nitrogens is 6. The van der Waals surface area contributed by atoms with Crippen molar-refractivity contribution in [2.75, 3.05) is 11.5 Å². The van der Waals surface area contributed by atoms with Crippen LogP contribution in [0.1, 0.15) is 47.7 Å². The van der Waals surface area contributed by atoms with Gasteiger partial charge in [-0.05, 0) is 45.7 Å². The molecule has 5 rings (SSSR count). The molecule has 0 spiro atoms. The lowest BCUT2D eigenvalue weighted by Gasteiger charge is -2.34. The van der Waals surface area contributed by atoms with E-state index in [0.717, 1.165) is 24.2 Å². The van der Waals surface area contributed by atoms with Crippen LogP contribution in [0.5, 0.6) is 0 Å². The first-order valence-corrected chi connectivity index (χ1v) is 11.9. The van der Waals surface area contributed by atoms with E-state index in [-0.39, 0.29) is 18.1 Å². The molecule has 10 heteroatoms. The maximum Gasteiger partial charge on any atom is 0.282 e. The van der Waals surface area contributed by atoms with E-state index in [9.17, 15) is 4.79 Å². The summed E-state index contributed by atoms with van der Waals surface area (Å²) in [5, 5.41) is 14.0.